The van der Waals surface area contributed by atoms with E-state index in [9.17, 15) is 0 Å². The van der Waals surface area contributed by atoms with Gasteiger partial charge >= 0.3 is 0 Å². The second-order valence-electron chi connectivity index (χ2n) is 12.9. The molecule has 11 rings (SSSR count). The average Bonchev–Trinajstić information content (AvgIpc) is 3.74. The second-order valence-corrected chi connectivity index (χ2v) is 14.0. The van der Waals surface area contributed by atoms with Gasteiger partial charge in [-0.25, -0.2) is 9.97 Å². The van der Waals surface area contributed by atoms with Gasteiger partial charge in [0.2, 0.25) is 0 Å². The number of fused-ring (bicyclic) bond motifs is 12. The molecule has 0 saturated heterocycles. The molecule has 0 saturated carbocycles. The predicted octanol–water partition coefficient (Wildman–Crippen LogP) is 12.7. The van der Waals surface area contributed by atoms with Gasteiger partial charge in [-0.1, -0.05) is 115 Å². The zero-order valence-corrected chi connectivity index (χ0v) is 27.7. The van der Waals surface area contributed by atoms with Crippen LogP contribution in [0.5, 0.6) is 0 Å². The first kappa shape index (κ1) is 27.6. The molecule has 0 spiro atoms. The van der Waals surface area contributed by atoms with Crippen LogP contribution in [0.3, 0.4) is 0 Å². The van der Waals surface area contributed by atoms with Gasteiger partial charge in [-0.15, -0.1) is 11.3 Å². The van der Waals surface area contributed by atoms with Crippen molar-refractivity contribution in [3.8, 4) is 28.3 Å². The molecule has 11 aromatic rings. The third-order valence-corrected chi connectivity index (χ3v) is 11.3. The summed E-state index contributed by atoms with van der Waals surface area (Å²) in [5, 5.41) is 11.3. The molecular formula is C46H27N3S. The fourth-order valence-corrected chi connectivity index (χ4v) is 9.18. The van der Waals surface area contributed by atoms with Crippen LogP contribution in [0.2, 0.25) is 0 Å². The monoisotopic (exact) mass is 653 g/mol. The highest BCUT2D eigenvalue weighted by atomic mass is 32.1. The Morgan fingerprint density at radius 1 is 0.460 bits per heavy atom. The van der Waals surface area contributed by atoms with E-state index < -0.39 is 0 Å². The maximum atomic E-state index is 5.22. The molecule has 0 aliphatic heterocycles. The Balaban J connectivity index is 1.14. The zero-order chi connectivity index (χ0) is 32.8. The largest absolute Gasteiger partial charge is 0.308 e. The van der Waals surface area contributed by atoms with Gasteiger partial charge < -0.3 is 4.57 Å². The highest BCUT2D eigenvalue weighted by Gasteiger charge is 2.21. The van der Waals surface area contributed by atoms with Crippen molar-refractivity contribution in [1.29, 1.82) is 0 Å². The van der Waals surface area contributed by atoms with Crippen LogP contribution >= 0.6 is 11.3 Å². The average molecular weight is 654 g/mol. The molecule has 0 unspecified atom stereocenters. The fourth-order valence-electron chi connectivity index (χ4n) is 7.92. The lowest BCUT2D eigenvalue weighted by Crippen LogP contribution is -1.97. The van der Waals surface area contributed by atoms with E-state index in [0.717, 1.165) is 39.2 Å². The first-order valence-electron chi connectivity index (χ1n) is 16.9. The van der Waals surface area contributed by atoms with Crippen LogP contribution in [0.25, 0.3) is 103 Å². The highest BCUT2D eigenvalue weighted by molar-refractivity contribution is 7.27. The van der Waals surface area contributed by atoms with Gasteiger partial charge in [0.1, 0.15) is 0 Å². The Kier molecular flexibility index (Phi) is 5.83. The molecule has 4 heteroatoms. The summed E-state index contributed by atoms with van der Waals surface area (Å²) >= 11 is 1.89. The first-order chi connectivity index (χ1) is 24.8. The lowest BCUT2D eigenvalue weighted by Gasteiger charge is -2.12. The van der Waals surface area contributed by atoms with E-state index in [1.807, 2.05) is 17.4 Å². The minimum Gasteiger partial charge on any atom is -0.308 e. The van der Waals surface area contributed by atoms with Crippen molar-refractivity contribution >= 4 is 85.8 Å². The van der Waals surface area contributed by atoms with Crippen molar-refractivity contribution < 1.29 is 0 Å². The summed E-state index contributed by atoms with van der Waals surface area (Å²) in [5.74, 6) is 0.721. The Labute approximate surface area is 291 Å². The van der Waals surface area contributed by atoms with E-state index in [-0.39, 0.29) is 0 Å². The standard InChI is InChI=1S/C46H27N3S/c1-2-12-30-27-31(22-21-28(30)11-1)43-35-15-5-8-18-38(35)47-46(48-43)29-23-25-32(26-24-29)49-39-19-9-6-16-36(39)41-33-13-3-4-14-34(33)42-37-17-7-10-20-40(37)50-45(42)44(41)49/h1-27H. The highest BCUT2D eigenvalue weighted by Crippen LogP contribution is 2.47. The van der Waals surface area contributed by atoms with Crippen LogP contribution in [-0.2, 0) is 0 Å². The molecule has 0 atom stereocenters. The Morgan fingerprint density at radius 2 is 1.10 bits per heavy atom. The van der Waals surface area contributed by atoms with Crippen molar-refractivity contribution in [2.75, 3.05) is 0 Å². The van der Waals surface area contributed by atoms with Gasteiger partial charge in [-0.3, -0.25) is 0 Å². The van der Waals surface area contributed by atoms with Crippen LogP contribution in [-0.4, -0.2) is 14.5 Å². The molecule has 8 aromatic carbocycles. The van der Waals surface area contributed by atoms with Gasteiger partial charge in [0, 0.05) is 48.4 Å². The molecule has 232 valence electrons. The molecule has 0 bridgehead atoms. The number of para-hydroxylation sites is 2. The molecule has 3 nitrogen and oxygen atoms in total. The molecule has 0 aliphatic rings. The van der Waals surface area contributed by atoms with E-state index in [1.165, 1.54) is 63.5 Å². The molecule has 50 heavy (non-hydrogen) atoms. The zero-order valence-electron chi connectivity index (χ0n) is 26.8. The van der Waals surface area contributed by atoms with E-state index >= 15 is 0 Å². The van der Waals surface area contributed by atoms with Gasteiger partial charge in [-0.05, 0) is 70.1 Å². The molecule has 0 fully saturated rings. The first-order valence-corrected chi connectivity index (χ1v) is 17.7. The summed E-state index contributed by atoms with van der Waals surface area (Å²) in [6.45, 7) is 0. The number of aromatic nitrogens is 3. The van der Waals surface area contributed by atoms with Crippen LogP contribution < -0.4 is 0 Å². The maximum Gasteiger partial charge on any atom is 0.160 e. The molecule has 0 aliphatic carbocycles. The van der Waals surface area contributed by atoms with Gasteiger partial charge in [0.15, 0.2) is 5.82 Å². The Hall–Kier alpha value is -6.36. The van der Waals surface area contributed by atoms with Crippen LogP contribution in [0, 0.1) is 0 Å². The lowest BCUT2D eigenvalue weighted by atomic mass is 9.99. The summed E-state index contributed by atoms with van der Waals surface area (Å²) in [5.41, 5.74) is 7.53. The normalized spacial score (nSPS) is 12.0. The SMILES string of the molecule is c1ccc2cc(-c3nc(-c4ccc(-n5c6ccccc6c6c7ccccc7c7c8ccccc8sc7c65)cc4)nc4ccccc34)ccc2c1. The second kappa shape index (κ2) is 10.6. The minimum absolute atomic E-state index is 0.721. The van der Waals surface area contributed by atoms with E-state index in [4.69, 9.17) is 9.97 Å². The van der Waals surface area contributed by atoms with Crippen molar-refractivity contribution in [2.24, 2.45) is 0 Å². The smallest absolute Gasteiger partial charge is 0.160 e. The lowest BCUT2D eigenvalue weighted by molar-refractivity contribution is 1.18. The fraction of sp³-hybridized carbons (Fsp3) is 0. The van der Waals surface area contributed by atoms with Crippen LogP contribution in [0.4, 0.5) is 0 Å². The van der Waals surface area contributed by atoms with Gasteiger partial charge in [0.25, 0.3) is 0 Å². The van der Waals surface area contributed by atoms with Gasteiger partial charge in [-0.2, -0.15) is 0 Å². The third kappa shape index (κ3) is 3.97. The van der Waals surface area contributed by atoms with Crippen molar-refractivity contribution in [3.63, 3.8) is 0 Å². The number of nitrogens with zero attached hydrogens (tertiary/aromatic N) is 3. The molecule has 0 radical (unpaired) electrons. The van der Waals surface area contributed by atoms with Crippen molar-refractivity contribution in [1.82, 2.24) is 14.5 Å². The minimum atomic E-state index is 0.721. The van der Waals surface area contributed by atoms with E-state index in [1.54, 1.807) is 0 Å². The summed E-state index contributed by atoms with van der Waals surface area (Å²) in [6, 6.07) is 58.7. The van der Waals surface area contributed by atoms with Crippen LogP contribution in [0.15, 0.2) is 164 Å². The number of thiophene rings is 1. The topological polar surface area (TPSA) is 30.7 Å². The number of rotatable bonds is 3. The van der Waals surface area contributed by atoms with E-state index in [2.05, 4.69) is 162 Å². The number of hydrogen-bond donors (Lipinski definition) is 0. The predicted molar refractivity (Wildman–Crippen MR) is 213 cm³/mol. The molecule has 0 N–H and O–H groups in total. The van der Waals surface area contributed by atoms with Gasteiger partial charge in [0.05, 0.1) is 26.9 Å². The third-order valence-electron chi connectivity index (χ3n) is 10.2. The summed E-state index contributed by atoms with van der Waals surface area (Å²) in [7, 11) is 0. The van der Waals surface area contributed by atoms with Crippen LogP contribution in [0.1, 0.15) is 0 Å². The number of hydrogen-bond acceptors (Lipinski definition) is 3. The van der Waals surface area contributed by atoms with E-state index in [0.29, 0.717) is 0 Å². The summed E-state index contributed by atoms with van der Waals surface area (Å²) < 4.78 is 5.08. The molecule has 3 heterocycles. The van der Waals surface area contributed by atoms with Crippen molar-refractivity contribution in [2.45, 2.75) is 0 Å². The van der Waals surface area contributed by atoms with Crippen molar-refractivity contribution in [3.05, 3.63) is 164 Å². The molecule has 0 amide bonds. The number of benzene rings is 8. The summed E-state index contributed by atoms with van der Waals surface area (Å²) in [4.78, 5) is 10.3. The quantitative estimate of drug-likeness (QED) is 0.190. The Bertz CT molecular complexity index is 3150. The molecule has 3 aromatic heterocycles. The summed E-state index contributed by atoms with van der Waals surface area (Å²) in [6.07, 6.45) is 0. The maximum absolute atomic E-state index is 5.22. The Morgan fingerprint density at radius 3 is 1.94 bits per heavy atom. The molecular weight excluding hydrogens is 627 g/mol.